The van der Waals surface area contributed by atoms with Gasteiger partial charge in [-0.1, -0.05) is 0 Å². The van der Waals surface area contributed by atoms with E-state index in [1.165, 1.54) is 19.5 Å². The highest BCUT2D eigenvalue weighted by Gasteiger charge is 2.50. The minimum atomic E-state index is -0.833. The number of hydrogen-bond donors (Lipinski definition) is 2. The Labute approximate surface area is 199 Å². The van der Waals surface area contributed by atoms with Gasteiger partial charge in [-0.25, -0.2) is 14.5 Å². The second-order valence-corrected chi connectivity index (χ2v) is 10.6. The summed E-state index contributed by atoms with van der Waals surface area (Å²) in [6, 6.07) is 1.93. The lowest BCUT2D eigenvalue weighted by Gasteiger charge is -2.32. The van der Waals surface area contributed by atoms with Crippen LogP contribution in [0.1, 0.15) is 77.1 Å². The van der Waals surface area contributed by atoms with Gasteiger partial charge in [-0.2, -0.15) is 5.10 Å². The smallest absolute Gasteiger partial charge is 0.408 e. The maximum Gasteiger partial charge on any atom is 0.408 e. The molecule has 2 aromatic heterocycles. The molecule has 10 heteroatoms. The lowest BCUT2D eigenvalue weighted by molar-refractivity contribution is -0.115. The molecule has 0 unspecified atom stereocenters. The van der Waals surface area contributed by atoms with Crippen molar-refractivity contribution in [3.05, 3.63) is 29.8 Å². The summed E-state index contributed by atoms with van der Waals surface area (Å²) < 4.78 is 6.85. The Bertz CT molecular complexity index is 1050. The van der Waals surface area contributed by atoms with Gasteiger partial charge in [0.15, 0.2) is 0 Å². The van der Waals surface area contributed by atoms with Crippen LogP contribution in [0.3, 0.4) is 0 Å². The SMILES string of the molecule is COc1cnc(CC(=O)Nc2cc([C@H]3CC[C@H](N(C(=O)O)C4(C)CC4)C3)nn2C(C)(C)C)cn1. The van der Waals surface area contributed by atoms with E-state index in [1.54, 1.807) is 4.90 Å². The summed E-state index contributed by atoms with van der Waals surface area (Å²) in [5.41, 5.74) is 0.872. The molecule has 2 aliphatic rings. The van der Waals surface area contributed by atoms with Crippen molar-refractivity contribution >= 4 is 17.8 Å². The predicted octanol–water partition coefficient (Wildman–Crippen LogP) is 3.79. The number of methoxy groups -OCH3 is 1. The third-order valence-electron chi connectivity index (χ3n) is 6.81. The Morgan fingerprint density at radius 3 is 2.56 bits per heavy atom. The standard InChI is InChI=1S/C24H34N6O4/c1-23(2,3)30-19(27-20(31)11-16-13-26-21(34-5)14-25-16)12-18(28-30)15-6-7-17(10-15)29(22(32)33)24(4)8-9-24/h12-15,17H,6-11H2,1-5H3,(H,27,31)(H,32,33)/t15-,17-/m0/s1. The number of carbonyl (C=O) groups excluding carboxylic acids is 1. The molecule has 2 aliphatic carbocycles. The second-order valence-electron chi connectivity index (χ2n) is 10.6. The molecule has 2 saturated carbocycles. The number of carboxylic acid groups (broad SMARTS) is 1. The van der Waals surface area contributed by atoms with Gasteiger partial charge in [-0.3, -0.25) is 14.7 Å². The zero-order valence-electron chi connectivity index (χ0n) is 20.5. The first-order valence-corrected chi connectivity index (χ1v) is 11.8. The van der Waals surface area contributed by atoms with Crippen molar-refractivity contribution in [2.24, 2.45) is 0 Å². The topological polar surface area (TPSA) is 122 Å². The number of rotatable bonds is 7. The third kappa shape index (κ3) is 5.00. The second kappa shape index (κ2) is 8.88. The molecule has 2 fully saturated rings. The average molecular weight is 471 g/mol. The van der Waals surface area contributed by atoms with Gasteiger partial charge in [0.2, 0.25) is 11.8 Å². The van der Waals surface area contributed by atoms with Crippen LogP contribution in [0.5, 0.6) is 5.88 Å². The number of nitrogens with one attached hydrogen (secondary N) is 1. The Balaban J connectivity index is 1.49. The summed E-state index contributed by atoms with van der Waals surface area (Å²) in [4.78, 5) is 34.7. The molecule has 0 radical (unpaired) electrons. The number of ether oxygens (including phenoxy) is 1. The number of amides is 2. The zero-order valence-corrected chi connectivity index (χ0v) is 20.5. The molecular weight excluding hydrogens is 436 g/mol. The summed E-state index contributed by atoms with van der Waals surface area (Å²) in [5.74, 6) is 0.966. The van der Waals surface area contributed by atoms with Gasteiger partial charge in [0.1, 0.15) is 5.82 Å². The van der Waals surface area contributed by atoms with E-state index >= 15 is 0 Å². The predicted molar refractivity (Wildman–Crippen MR) is 126 cm³/mol. The molecule has 184 valence electrons. The molecule has 0 spiro atoms. The van der Waals surface area contributed by atoms with Crippen molar-refractivity contribution in [1.29, 1.82) is 0 Å². The molecule has 0 bridgehead atoms. The number of hydrogen-bond acceptors (Lipinski definition) is 6. The van der Waals surface area contributed by atoms with E-state index in [0.29, 0.717) is 17.4 Å². The highest BCUT2D eigenvalue weighted by atomic mass is 16.5. The Morgan fingerprint density at radius 1 is 1.26 bits per heavy atom. The summed E-state index contributed by atoms with van der Waals surface area (Å²) in [6.45, 7) is 8.13. The molecule has 2 N–H and O–H groups in total. The maximum atomic E-state index is 12.8. The molecule has 0 saturated heterocycles. The Kier molecular flexibility index (Phi) is 6.26. The summed E-state index contributed by atoms with van der Waals surface area (Å²) in [5, 5.41) is 17.6. The summed E-state index contributed by atoms with van der Waals surface area (Å²) in [6.07, 6.45) is 6.56. The van der Waals surface area contributed by atoms with Crippen molar-refractivity contribution in [2.75, 3.05) is 12.4 Å². The van der Waals surface area contributed by atoms with Crippen molar-refractivity contribution in [2.45, 2.75) is 89.3 Å². The van der Waals surface area contributed by atoms with Crippen LogP contribution < -0.4 is 10.1 Å². The van der Waals surface area contributed by atoms with E-state index in [1.807, 2.05) is 38.4 Å². The molecule has 2 amide bonds. The fourth-order valence-electron chi connectivity index (χ4n) is 4.80. The molecule has 2 aromatic rings. The average Bonchev–Trinajstić information content (AvgIpc) is 3.14. The van der Waals surface area contributed by atoms with Crippen LogP contribution in [-0.2, 0) is 16.8 Å². The van der Waals surface area contributed by atoms with Crippen LogP contribution >= 0.6 is 0 Å². The first-order chi connectivity index (χ1) is 16.0. The van der Waals surface area contributed by atoms with Gasteiger partial charge in [0, 0.05) is 23.6 Å². The highest BCUT2D eigenvalue weighted by molar-refractivity contribution is 5.91. The van der Waals surface area contributed by atoms with Crippen LogP contribution in [0.25, 0.3) is 0 Å². The van der Waals surface area contributed by atoms with Gasteiger partial charge >= 0.3 is 6.09 Å². The first-order valence-electron chi connectivity index (χ1n) is 11.8. The zero-order chi connectivity index (χ0) is 24.7. The van der Waals surface area contributed by atoms with E-state index in [2.05, 4.69) is 15.3 Å². The number of carbonyl (C=O) groups is 2. The molecule has 2 atom stereocenters. The molecule has 0 aromatic carbocycles. The maximum absolute atomic E-state index is 12.8. The van der Waals surface area contributed by atoms with Gasteiger partial charge in [0.05, 0.1) is 42.9 Å². The number of aromatic nitrogens is 4. The molecule has 34 heavy (non-hydrogen) atoms. The van der Waals surface area contributed by atoms with Crippen molar-refractivity contribution < 1.29 is 19.4 Å². The number of anilines is 1. The summed E-state index contributed by atoms with van der Waals surface area (Å²) in [7, 11) is 1.51. The fourth-order valence-corrected chi connectivity index (χ4v) is 4.80. The van der Waals surface area contributed by atoms with Crippen molar-refractivity contribution in [3.8, 4) is 5.88 Å². The minimum Gasteiger partial charge on any atom is -0.480 e. The van der Waals surface area contributed by atoms with Crippen LogP contribution in [0.2, 0.25) is 0 Å². The molecule has 4 rings (SSSR count). The minimum absolute atomic E-state index is 0.00137. The first kappa shape index (κ1) is 24.0. The fraction of sp³-hybridized carbons (Fsp3) is 0.625. The van der Waals surface area contributed by atoms with Gasteiger partial charge in [-0.15, -0.1) is 0 Å². The van der Waals surface area contributed by atoms with Crippen LogP contribution in [0.15, 0.2) is 18.5 Å². The Morgan fingerprint density at radius 2 is 2.00 bits per heavy atom. The van der Waals surface area contributed by atoms with Crippen LogP contribution in [0, 0.1) is 0 Å². The van der Waals surface area contributed by atoms with E-state index in [4.69, 9.17) is 9.84 Å². The normalized spacial score (nSPS) is 21.2. The summed E-state index contributed by atoms with van der Waals surface area (Å²) >= 11 is 0. The van der Waals surface area contributed by atoms with E-state index < -0.39 is 6.09 Å². The van der Waals surface area contributed by atoms with Gasteiger partial charge in [0.25, 0.3) is 0 Å². The molecule has 2 heterocycles. The van der Waals surface area contributed by atoms with Gasteiger partial charge < -0.3 is 15.2 Å². The highest BCUT2D eigenvalue weighted by Crippen LogP contribution is 2.47. The third-order valence-corrected chi connectivity index (χ3v) is 6.81. The Hall–Kier alpha value is -3.17. The molecular formula is C24H34N6O4. The van der Waals surface area contributed by atoms with Crippen LogP contribution in [-0.4, -0.2) is 60.4 Å². The monoisotopic (exact) mass is 470 g/mol. The van der Waals surface area contributed by atoms with Crippen molar-refractivity contribution in [3.63, 3.8) is 0 Å². The lowest BCUT2D eigenvalue weighted by Crippen LogP contribution is -2.45. The molecule has 10 nitrogen and oxygen atoms in total. The molecule has 0 aliphatic heterocycles. The lowest BCUT2D eigenvalue weighted by atomic mass is 10.0. The van der Waals surface area contributed by atoms with E-state index in [-0.39, 0.29) is 35.4 Å². The number of nitrogens with zero attached hydrogens (tertiary/aromatic N) is 5. The quantitative estimate of drug-likeness (QED) is 0.631. The largest absolute Gasteiger partial charge is 0.480 e. The van der Waals surface area contributed by atoms with Gasteiger partial charge in [-0.05, 0) is 59.8 Å². The van der Waals surface area contributed by atoms with Crippen LogP contribution in [0.4, 0.5) is 10.6 Å². The van der Waals surface area contributed by atoms with Crippen molar-refractivity contribution in [1.82, 2.24) is 24.6 Å². The van der Waals surface area contributed by atoms with E-state index in [9.17, 15) is 14.7 Å². The van der Waals surface area contributed by atoms with E-state index in [0.717, 1.165) is 37.8 Å².